The van der Waals surface area contributed by atoms with Crippen molar-refractivity contribution in [3.8, 4) is 17.6 Å². The maximum atomic E-state index is 10.5. The summed E-state index contributed by atoms with van der Waals surface area (Å²) in [5, 5.41) is 35.2. The van der Waals surface area contributed by atoms with E-state index in [-0.39, 0.29) is 17.1 Å². The van der Waals surface area contributed by atoms with Crippen LogP contribution >= 0.6 is 0 Å². The average Bonchev–Trinajstić information content (AvgIpc) is 2.12. The van der Waals surface area contributed by atoms with Crippen molar-refractivity contribution < 1.29 is 20.1 Å². The van der Waals surface area contributed by atoms with Crippen LogP contribution in [0.15, 0.2) is 23.8 Å². The number of carboxylic acids is 1. The van der Waals surface area contributed by atoms with Gasteiger partial charge in [-0.2, -0.15) is 5.26 Å². The lowest BCUT2D eigenvalue weighted by Gasteiger charge is -1.98. The number of rotatable bonds is 2. The first-order valence-corrected chi connectivity index (χ1v) is 3.91. The molecule has 1 rings (SSSR count). The van der Waals surface area contributed by atoms with Gasteiger partial charge in [0.15, 0.2) is 0 Å². The standard InChI is InChI=1S/C10H7NO4/c11-5-7(10(14)15)1-6-2-8(12)4-9(13)3-6/h1-4,12-13H,(H,14,15)/b7-1+. The number of benzene rings is 1. The molecule has 0 atom stereocenters. The van der Waals surface area contributed by atoms with Crippen molar-refractivity contribution in [3.63, 3.8) is 0 Å². The third kappa shape index (κ3) is 2.74. The summed E-state index contributed by atoms with van der Waals surface area (Å²) in [7, 11) is 0. The Morgan fingerprint density at radius 1 is 1.27 bits per heavy atom. The van der Waals surface area contributed by atoms with E-state index in [4.69, 9.17) is 20.6 Å². The van der Waals surface area contributed by atoms with E-state index < -0.39 is 11.5 Å². The Morgan fingerprint density at radius 3 is 2.20 bits per heavy atom. The number of carbonyl (C=O) groups is 1. The van der Waals surface area contributed by atoms with Crippen molar-refractivity contribution in [2.24, 2.45) is 0 Å². The van der Waals surface area contributed by atoms with Crippen molar-refractivity contribution in [1.29, 1.82) is 5.26 Å². The Morgan fingerprint density at radius 2 is 1.80 bits per heavy atom. The smallest absolute Gasteiger partial charge is 0.346 e. The van der Waals surface area contributed by atoms with Gasteiger partial charge < -0.3 is 15.3 Å². The average molecular weight is 205 g/mol. The number of carboxylic acid groups (broad SMARTS) is 1. The molecule has 1 aromatic rings. The molecule has 0 aliphatic carbocycles. The normalized spacial score (nSPS) is 10.7. The molecule has 5 nitrogen and oxygen atoms in total. The van der Waals surface area contributed by atoms with Gasteiger partial charge >= 0.3 is 5.97 Å². The van der Waals surface area contributed by atoms with Crippen LogP contribution in [0.4, 0.5) is 0 Å². The number of nitrogens with zero attached hydrogens (tertiary/aromatic N) is 1. The molecule has 0 aliphatic heterocycles. The van der Waals surface area contributed by atoms with Crippen LogP contribution in [-0.4, -0.2) is 21.3 Å². The van der Waals surface area contributed by atoms with E-state index in [1.807, 2.05) is 0 Å². The Labute approximate surface area is 85.1 Å². The zero-order valence-electron chi connectivity index (χ0n) is 7.51. The van der Waals surface area contributed by atoms with Crippen molar-refractivity contribution in [2.45, 2.75) is 0 Å². The second-order valence-electron chi connectivity index (χ2n) is 2.76. The fourth-order valence-electron chi connectivity index (χ4n) is 1.01. The SMILES string of the molecule is N#C/C(=C\c1cc(O)cc(O)c1)C(=O)O. The van der Waals surface area contributed by atoms with E-state index in [0.29, 0.717) is 0 Å². The number of phenols is 2. The summed E-state index contributed by atoms with van der Waals surface area (Å²) in [6, 6.07) is 5.06. The molecule has 0 spiro atoms. The number of aliphatic carboxylic acids is 1. The van der Waals surface area contributed by atoms with Crippen molar-refractivity contribution in [3.05, 3.63) is 29.3 Å². The van der Waals surface area contributed by atoms with Gasteiger partial charge in [-0.05, 0) is 23.8 Å². The summed E-state index contributed by atoms with van der Waals surface area (Å²) in [6.45, 7) is 0. The molecule has 5 heteroatoms. The fraction of sp³-hybridized carbons (Fsp3) is 0. The summed E-state index contributed by atoms with van der Waals surface area (Å²) in [5.41, 5.74) is -0.230. The number of hydrogen-bond acceptors (Lipinski definition) is 4. The molecule has 3 N–H and O–H groups in total. The predicted molar refractivity (Wildman–Crippen MR) is 51.0 cm³/mol. The van der Waals surface area contributed by atoms with Gasteiger partial charge in [0, 0.05) is 6.07 Å². The van der Waals surface area contributed by atoms with E-state index in [1.54, 1.807) is 0 Å². The van der Waals surface area contributed by atoms with Crippen molar-refractivity contribution in [2.75, 3.05) is 0 Å². The second-order valence-corrected chi connectivity index (χ2v) is 2.76. The Bertz CT molecular complexity index is 451. The van der Waals surface area contributed by atoms with E-state index >= 15 is 0 Å². The van der Waals surface area contributed by atoms with Gasteiger partial charge in [-0.3, -0.25) is 0 Å². The predicted octanol–water partition coefficient (Wildman–Crippen LogP) is 1.09. The minimum Gasteiger partial charge on any atom is -0.508 e. The zero-order valence-corrected chi connectivity index (χ0v) is 7.51. The molecule has 76 valence electrons. The largest absolute Gasteiger partial charge is 0.508 e. The highest BCUT2D eigenvalue weighted by Gasteiger charge is 2.06. The van der Waals surface area contributed by atoms with Crippen LogP contribution < -0.4 is 0 Å². The Kier molecular flexibility index (Phi) is 2.94. The number of hydrogen-bond donors (Lipinski definition) is 3. The summed E-state index contributed by atoms with van der Waals surface area (Å²) >= 11 is 0. The number of phenolic OH excluding ortho intramolecular Hbond substituents is 2. The van der Waals surface area contributed by atoms with Crippen LogP contribution in [0.25, 0.3) is 6.08 Å². The highest BCUT2D eigenvalue weighted by molar-refractivity contribution is 5.96. The van der Waals surface area contributed by atoms with Gasteiger partial charge in [0.25, 0.3) is 0 Å². The first-order chi connectivity index (χ1) is 7.02. The highest BCUT2D eigenvalue weighted by Crippen LogP contribution is 2.22. The number of aromatic hydroxyl groups is 2. The van der Waals surface area contributed by atoms with E-state index in [0.717, 1.165) is 12.1 Å². The van der Waals surface area contributed by atoms with E-state index in [9.17, 15) is 4.79 Å². The molecule has 0 bridgehead atoms. The highest BCUT2D eigenvalue weighted by atomic mass is 16.4. The van der Waals surface area contributed by atoms with Crippen LogP contribution in [0.3, 0.4) is 0 Å². The van der Waals surface area contributed by atoms with Crippen LogP contribution in [0.5, 0.6) is 11.5 Å². The van der Waals surface area contributed by atoms with Crippen LogP contribution in [0.2, 0.25) is 0 Å². The molecule has 15 heavy (non-hydrogen) atoms. The molecule has 0 heterocycles. The van der Waals surface area contributed by atoms with Crippen molar-refractivity contribution >= 4 is 12.0 Å². The number of nitriles is 1. The Balaban J connectivity index is 3.18. The lowest BCUT2D eigenvalue weighted by Crippen LogP contribution is -1.97. The molecule has 0 radical (unpaired) electrons. The van der Waals surface area contributed by atoms with Gasteiger partial charge in [-0.15, -0.1) is 0 Å². The van der Waals surface area contributed by atoms with Gasteiger partial charge in [0.1, 0.15) is 23.1 Å². The topological polar surface area (TPSA) is 102 Å². The molecule has 0 fully saturated rings. The summed E-state index contributed by atoms with van der Waals surface area (Å²) in [5.74, 6) is -1.77. The summed E-state index contributed by atoms with van der Waals surface area (Å²) in [6.07, 6.45) is 1.06. The molecule has 0 saturated carbocycles. The summed E-state index contributed by atoms with van der Waals surface area (Å²) < 4.78 is 0. The maximum absolute atomic E-state index is 10.5. The van der Waals surface area contributed by atoms with Gasteiger partial charge in [-0.1, -0.05) is 0 Å². The third-order valence-electron chi connectivity index (χ3n) is 1.59. The first kappa shape index (κ1) is 10.6. The van der Waals surface area contributed by atoms with Crippen LogP contribution in [0, 0.1) is 11.3 Å². The minimum atomic E-state index is -1.36. The summed E-state index contributed by atoms with van der Waals surface area (Å²) in [4.78, 5) is 10.5. The third-order valence-corrected chi connectivity index (χ3v) is 1.59. The molecular formula is C10H7NO4. The Hall–Kier alpha value is -2.48. The lowest BCUT2D eigenvalue weighted by molar-refractivity contribution is -0.132. The van der Waals surface area contributed by atoms with Crippen LogP contribution in [-0.2, 0) is 4.79 Å². The van der Waals surface area contributed by atoms with Crippen molar-refractivity contribution in [1.82, 2.24) is 0 Å². The molecule has 0 unspecified atom stereocenters. The quantitative estimate of drug-likeness (QED) is 0.495. The molecule has 1 aromatic carbocycles. The van der Waals surface area contributed by atoms with Gasteiger partial charge in [0.05, 0.1) is 0 Å². The maximum Gasteiger partial charge on any atom is 0.346 e. The minimum absolute atomic E-state index is 0.205. The second kappa shape index (κ2) is 4.15. The monoisotopic (exact) mass is 205 g/mol. The zero-order chi connectivity index (χ0) is 11.4. The lowest BCUT2D eigenvalue weighted by atomic mass is 10.1. The van der Waals surface area contributed by atoms with Gasteiger partial charge in [-0.25, -0.2) is 4.79 Å². The fourth-order valence-corrected chi connectivity index (χ4v) is 1.01. The van der Waals surface area contributed by atoms with Gasteiger partial charge in [0.2, 0.25) is 0 Å². The molecule has 0 amide bonds. The van der Waals surface area contributed by atoms with Crippen LogP contribution in [0.1, 0.15) is 5.56 Å². The van der Waals surface area contributed by atoms with E-state index in [2.05, 4.69) is 0 Å². The molecular weight excluding hydrogens is 198 g/mol. The first-order valence-electron chi connectivity index (χ1n) is 3.91. The molecule has 0 aliphatic rings. The molecule has 0 saturated heterocycles. The molecule has 0 aromatic heterocycles. The van der Waals surface area contributed by atoms with E-state index in [1.165, 1.54) is 18.2 Å².